The van der Waals surface area contributed by atoms with Crippen molar-refractivity contribution in [3.05, 3.63) is 93.5 Å². The van der Waals surface area contributed by atoms with E-state index >= 15 is 0 Å². The molecule has 0 saturated heterocycles. The molecule has 5 rings (SSSR count). The molecule has 2 aromatic heterocycles. The summed E-state index contributed by atoms with van der Waals surface area (Å²) >= 11 is 5.83. The van der Waals surface area contributed by atoms with Crippen molar-refractivity contribution in [1.29, 1.82) is 0 Å². The van der Waals surface area contributed by atoms with Crippen LogP contribution in [0.5, 0.6) is 11.5 Å². The average Bonchev–Trinajstić information content (AvgIpc) is 3.29. The van der Waals surface area contributed by atoms with E-state index in [1.54, 1.807) is 18.2 Å². The second kappa shape index (κ2) is 8.76. The Morgan fingerprint density at radius 2 is 1.72 bits per heavy atom. The van der Waals surface area contributed by atoms with Gasteiger partial charge >= 0.3 is 12.1 Å². The largest absolute Gasteiger partial charge is 0.493 e. The number of methoxy groups -OCH3 is 1. The number of furan rings is 1. The molecule has 0 radical (unpaired) electrons. The Hall–Kier alpha value is -4.24. The molecule has 5 aromatic rings. The smallest absolute Gasteiger partial charge is 0.450 e. The highest BCUT2D eigenvalue weighted by Crippen LogP contribution is 2.38. The van der Waals surface area contributed by atoms with Crippen LogP contribution in [0.2, 0.25) is 5.02 Å². The van der Waals surface area contributed by atoms with Crippen LogP contribution in [-0.4, -0.2) is 13.1 Å². The SMILES string of the molecule is COc1cccc2cc(C(=O)Oc3ccc4c(=O)c(-c5ccc(Cl)cc5)c(C(F)(F)F)oc4c3)oc12. The van der Waals surface area contributed by atoms with Crippen LogP contribution in [0.4, 0.5) is 13.2 Å². The molecule has 0 unspecified atom stereocenters. The van der Waals surface area contributed by atoms with Gasteiger partial charge in [-0.3, -0.25) is 4.79 Å². The molecule has 0 N–H and O–H groups in total. The Morgan fingerprint density at radius 1 is 0.972 bits per heavy atom. The maximum Gasteiger partial charge on any atom is 0.450 e. The van der Waals surface area contributed by atoms with Crippen LogP contribution in [0.1, 0.15) is 16.3 Å². The lowest BCUT2D eigenvalue weighted by molar-refractivity contribution is -0.152. The predicted octanol–water partition coefficient (Wildman–Crippen LogP) is 7.11. The van der Waals surface area contributed by atoms with Crippen molar-refractivity contribution in [3.63, 3.8) is 0 Å². The van der Waals surface area contributed by atoms with E-state index in [1.807, 2.05) is 0 Å². The number of carbonyl (C=O) groups is 1. The fourth-order valence-corrected chi connectivity index (χ4v) is 3.90. The van der Waals surface area contributed by atoms with Crippen molar-refractivity contribution >= 4 is 39.5 Å². The number of alkyl halides is 3. The minimum atomic E-state index is -4.97. The van der Waals surface area contributed by atoms with Crippen LogP contribution in [-0.2, 0) is 6.18 Å². The van der Waals surface area contributed by atoms with E-state index < -0.39 is 34.5 Å². The molecule has 0 saturated carbocycles. The van der Waals surface area contributed by atoms with E-state index in [2.05, 4.69) is 0 Å². The summed E-state index contributed by atoms with van der Waals surface area (Å²) in [5.41, 5.74) is -1.61. The van der Waals surface area contributed by atoms with E-state index in [1.165, 1.54) is 49.6 Å². The molecule has 0 fully saturated rings. The maximum atomic E-state index is 13.8. The summed E-state index contributed by atoms with van der Waals surface area (Å²) in [7, 11) is 1.45. The third-order valence-electron chi connectivity index (χ3n) is 5.39. The van der Waals surface area contributed by atoms with Gasteiger partial charge in [0.2, 0.25) is 16.9 Å². The van der Waals surface area contributed by atoms with Crippen molar-refractivity contribution in [2.45, 2.75) is 6.18 Å². The van der Waals surface area contributed by atoms with E-state index in [4.69, 9.17) is 29.9 Å². The Bertz CT molecular complexity index is 1680. The lowest BCUT2D eigenvalue weighted by Crippen LogP contribution is -2.16. The zero-order valence-corrected chi connectivity index (χ0v) is 19.1. The Labute approximate surface area is 205 Å². The lowest BCUT2D eigenvalue weighted by atomic mass is 10.0. The standard InChI is InChI=1S/C26H14ClF3O6/c1-33-18-4-2-3-14-11-20(35-23(14)18)25(32)34-16-9-10-17-19(12-16)36-24(26(28,29)30)21(22(17)31)13-5-7-15(27)8-6-13/h2-12H,1H3. The van der Waals surface area contributed by atoms with Crippen LogP contribution >= 0.6 is 11.6 Å². The number of para-hydroxylation sites is 1. The van der Waals surface area contributed by atoms with Crippen LogP contribution < -0.4 is 14.9 Å². The number of carbonyl (C=O) groups excluding carboxylic acids is 1. The van der Waals surface area contributed by atoms with Gasteiger partial charge in [-0.05, 0) is 42.0 Å². The highest BCUT2D eigenvalue weighted by Gasteiger charge is 2.39. The zero-order valence-electron chi connectivity index (χ0n) is 18.3. The van der Waals surface area contributed by atoms with Gasteiger partial charge in [-0.1, -0.05) is 35.9 Å². The number of halogens is 4. The summed E-state index contributed by atoms with van der Waals surface area (Å²) in [5.74, 6) is -2.25. The second-order valence-corrected chi connectivity index (χ2v) is 8.11. The van der Waals surface area contributed by atoms with Gasteiger partial charge in [-0.25, -0.2) is 4.79 Å². The molecule has 3 aromatic carbocycles. The van der Waals surface area contributed by atoms with Gasteiger partial charge in [0.25, 0.3) is 0 Å². The molecule has 0 spiro atoms. The molecule has 0 bridgehead atoms. The first-order valence-corrected chi connectivity index (χ1v) is 10.8. The topological polar surface area (TPSA) is 78.9 Å². The summed E-state index contributed by atoms with van der Waals surface area (Å²) < 4.78 is 62.7. The normalized spacial score (nSPS) is 11.7. The average molecular weight is 515 g/mol. The van der Waals surface area contributed by atoms with Gasteiger partial charge in [0.15, 0.2) is 11.3 Å². The molecule has 0 atom stereocenters. The molecule has 2 heterocycles. The fourth-order valence-electron chi connectivity index (χ4n) is 3.77. The molecule has 36 heavy (non-hydrogen) atoms. The summed E-state index contributed by atoms with van der Waals surface area (Å²) in [6.45, 7) is 0. The van der Waals surface area contributed by atoms with Crippen molar-refractivity contribution < 1.29 is 36.3 Å². The van der Waals surface area contributed by atoms with Gasteiger partial charge < -0.3 is 18.3 Å². The van der Waals surface area contributed by atoms with Crippen LogP contribution in [0.25, 0.3) is 33.1 Å². The first-order chi connectivity index (χ1) is 17.2. The predicted molar refractivity (Wildman–Crippen MR) is 126 cm³/mol. The molecule has 10 heteroatoms. The summed E-state index contributed by atoms with van der Waals surface area (Å²) in [6.07, 6.45) is -4.97. The van der Waals surface area contributed by atoms with E-state index in [0.29, 0.717) is 21.7 Å². The van der Waals surface area contributed by atoms with Gasteiger partial charge in [-0.15, -0.1) is 0 Å². The Kier molecular flexibility index (Phi) is 5.72. The van der Waals surface area contributed by atoms with E-state index in [0.717, 1.165) is 6.07 Å². The second-order valence-electron chi connectivity index (χ2n) is 7.68. The van der Waals surface area contributed by atoms with Crippen molar-refractivity contribution in [1.82, 2.24) is 0 Å². The molecule has 182 valence electrons. The third kappa shape index (κ3) is 4.18. The van der Waals surface area contributed by atoms with Crippen LogP contribution in [0.3, 0.4) is 0 Å². The maximum absolute atomic E-state index is 13.8. The quantitative estimate of drug-likeness (QED) is 0.188. The first kappa shape index (κ1) is 23.5. The van der Waals surface area contributed by atoms with Gasteiger partial charge in [0.05, 0.1) is 18.1 Å². The zero-order chi connectivity index (χ0) is 25.6. The van der Waals surface area contributed by atoms with E-state index in [-0.39, 0.29) is 22.5 Å². The minimum absolute atomic E-state index is 0.00167. The Morgan fingerprint density at radius 3 is 2.42 bits per heavy atom. The molecule has 0 aliphatic carbocycles. The monoisotopic (exact) mass is 514 g/mol. The van der Waals surface area contributed by atoms with E-state index in [9.17, 15) is 22.8 Å². The van der Waals surface area contributed by atoms with Gasteiger partial charge in [-0.2, -0.15) is 13.2 Å². The number of fused-ring (bicyclic) bond motifs is 2. The highest BCUT2D eigenvalue weighted by atomic mass is 35.5. The highest BCUT2D eigenvalue weighted by molar-refractivity contribution is 6.30. The summed E-state index contributed by atoms with van der Waals surface area (Å²) in [5, 5.41) is 0.767. The molecule has 6 nitrogen and oxygen atoms in total. The van der Waals surface area contributed by atoms with Crippen molar-refractivity contribution in [2.24, 2.45) is 0 Å². The number of esters is 1. The molecular weight excluding hydrogens is 501 g/mol. The third-order valence-corrected chi connectivity index (χ3v) is 5.65. The van der Waals surface area contributed by atoms with Crippen molar-refractivity contribution in [2.75, 3.05) is 7.11 Å². The van der Waals surface area contributed by atoms with Crippen molar-refractivity contribution in [3.8, 4) is 22.6 Å². The van der Waals surface area contributed by atoms with Gasteiger partial charge in [0, 0.05) is 16.5 Å². The van der Waals surface area contributed by atoms with Crippen LogP contribution in [0, 0.1) is 0 Å². The minimum Gasteiger partial charge on any atom is -0.493 e. The first-order valence-electron chi connectivity index (χ1n) is 10.4. The summed E-state index contributed by atoms with van der Waals surface area (Å²) in [6, 6.07) is 15.4. The number of ether oxygens (including phenoxy) is 2. The number of benzene rings is 3. The molecule has 0 amide bonds. The van der Waals surface area contributed by atoms with Gasteiger partial charge in [0.1, 0.15) is 11.3 Å². The molecule has 0 aliphatic rings. The Balaban J connectivity index is 1.56. The number of hydrogen-bond donors (Lipinski definition) is 0. The van der Waals surface area contributed by atoms with Crippen LogP contribution in [0.15, 0.2) is 80.4 Å². The number of rotatable bonds is 4. The number of hydrogen-bond acceptors (Lipinski definition) is 6. The molecular formula is C26H14ClF3O6. The summed E-state index contributed by atoms with van der Waals surface area (Å²) in [4.78, 5) is 25.7. The molecule has 0 aliphatic heterocycles. The lowest BCUT2D eigenvalue weighted by Gasteiger charge is -2.13. The fraction of sp³-hybridized carbons (Fsp3) is 0.0769.